The Bertz CT molecular complexity index is 1910. The molecule has 0 aliphatic carbocycles. The van der Waals surface area contributed by atoms with Gasteiger partial charge in [0, 0.05) is 69.3 Å². The van der Waals surface area contributed by atoms with Crippen molar-refractivity contribution in [1.82, 2.24) is 20.1 Å². The third kappa shape index (κ3) is 9.59. The number of nitriles is 1. The quantitative estimate of drug-likeness (QED) is 0.184. The fourth-order valence-electron chi connectivity index (χ4n) is 7.31. The van der Waals surface area contributed by atoms with E-state index in [0.29, 0.717) is 31.3 Å². The fourth-order valence-corrected chi connectivity index (χ4v) is 7.31. The molecule has 3 N–H and O–H groups in total. The molecule has 54 heavy (non-hydrogen) atoms. The Labute approximate surface area is 312 Å². The number of halogens is 3. The van der Waals surface area contributed by atoms with Crippen LogP contribution in [0.3, 0.4) is 0 Å². The molecule has 15 heteroatoms. The van der Waals surface area contributed by atoms with Crippen molar-refractivity contribution in [1.29, 1.82) is 10.7 Å². The van der Waals surface area contributed by atoms with Crippen LogP contribution in [0.15, 0.2) is 60.8 Å². The molecule has 6 rings (SSSR count). The van der Waals surface area contributed by atoms with Gasteiger partial charge in [-0.25, -0.2) is 4.79 Å². The number of piperazine rings is 1. The summed E-state index contributed by atoms with van der Waals surface area (Å²) in [4.78, 5) is 42.6. The van der Waals surface area contributed by atoms with Gasteiger partial charge in [-0.2, -0.15) is 18.4 Å². The summed E-state index contributed by atoms with van der Waals surface area (Å²) in [6, 6.07) is 15.8. The average molecular weight is 747 g/mol. The van der Waals surface area contributed by atoms with E-state index in [1.54, 1.807) is 24.3 Å². The Morgan fingerprint density at radius 2 is 1.61 bits per heavy atom. The number of alkyl halides is 3. The number of rotatable bonds is 11. The molecule has 0 spiro atoms. The van der Waals surface area contributed by atoms with E-state index in [2.05, 4.69) is 32.6 Å². The van der Waals surface area contributed by atoms with Gasteiger partial charge in [0.2, 0.25) is 11.8 Å². The molecule has 4 heterocycles. The van der Waals surface area contributed by atoms with Crippen LogP contribution in [-0.2, 0) is 15.8 Å². The van der Waals surface area contributed by atoms with Crippen LogP contribution in [-0.4, -0.2) is 85.8 Å². The highest BCUT2D eigenvalue weighted by Crippen LogP contribution is 2.36. The lowest BCUT2D eigenvalue weighted by atomic mass is 9.89. The molecule has 286 valence electrons. The first kappa shape index (κ1) is 38.4. The number of hydrogen-bond donors (Lipinski definition) is 3. The maximum absolute atomic E-state index is 13.4. The zero-order valence-corrected chi connectivity index (χ0v) is 30.0. The molecule has 1 aromatic heterocycles. The topological polar surface area (TPSA) is 147 Å². The molecule has 3 amide bonds. The van der Waals surface area contributed by atoms with Crippen molar-refractivity contribution < 1.29 is 32.3 Å². The Morgan fingerprint density at radius 3 is 2.28 bits per heavy atom. The van der Waals surface area contributed by atoms with Crippen LogP contribution in [0.5, 0.6) is 5.75 Å². The van der Waals surface area contributed by atoms with E-state index in [0.717, 1.165) is 86.9 Å². The second-order valence-corrected chi connectivity index (χ2v) is 14.0. The molecule has 0 radical (unpaired) electrons. The SMILES string of the molecule is N#Cc1ccc(N2CCC(c3ccc(OCCCCCN4CCN(c5ccn(C(=O)NC6CCC(=O)NC6=O)c(=N)c5)CC4)cc3)CC2)cc1C(F)(F)F. The zero-order chi connectivity index (χ0) is 38.2. The predicted molar refractivity (Wildman–Crippen MR) is 195 cm³/mol. The molecule has 3 fully saturated rings. The molecule has 12 nitrogen and oxygen atoms in total. The number of nitrogens with one attached hydrogen (secondary N) is 3. The predicted octanol–water partition coefficient (Wildman–Crippen LogP) is 4.98. The summed E-state index contributed by atoms with van der Waals surface area (Å²) in [6.45, 7) is 6.32. The molecule has 1 unspecified atom stereocenters. The monoisotopic (exact) mass is 746 g/mol. The largest absolute Gasteiger partial charge is 0.494 e. The summed E-state index contributed by atoms with van der Waals surface area (Å²) in [7, 11) is 0. The Hall–Kier alpha value is -5.36. The van der Waals surface area contributed by atoms with Crippen molar-refractivity contribution in [2.24, 2.45) is 0 Å². The summed E-state index contributed by atoms with van der Waals surface area (Å²) in [5.41, 5.74) is 1.32. The third-order valence-electron chi connectivity index (χ3n) is 10.5. The van der Waals surface area contributed by atoms with Gasteiger partial charge in [0.15, 0.2) is 0 Å². The van der Waals surface area contributed by atoms with Crippen molar-refractivity contribution in [3.05, 3.63) is 83.0 Å². The molecule has 0 bridgehead atoms. The summed E-state index contributed by atoms with van der Waals surface area (Å²) in [5.74, 6) is 0.247. The number of nitrogens with zero attached hydrogens (tertiary/aromatic N) is 5. The van der Waals surface area contributed by atoms with E-state index in [1.807, 2.05) is 17.0 Å². The van der Waals surface area contributed by atoms with Crippen molar-refractivity contribution in [3.8, 4) is 11.8 Å². The molecule has 3 aliphatic heterocycles. The van der Waals surface area contributed by atoms with Crippen molar-refractivity contribution in [3.63, 3.8) is 0 Å². The van der Waals surface area contributed by atoms with Crippen LogP contribution in [0.1, 0.15) is 67.6 Å². The first-order chi connectivity index (χ1) is 26.0. The van der Waals surface area contributed by atoms with Gasteiger partial charge in [-0.3, -0.25) is 29.8 Å². The van der Waals surface area contributed by atoms with Crippen LogP contribution < -0.4 is 30.7 Å². The first-order valence-electron chi connectivity index (χ1n) is 18.5. The number of anilines is 2. The Balaban J connectivity index is 0.853. The molecule has 1 atom stereocenters. The smallest absolute Gasteiger partial charge is 0.417 e. The van der Waals surface area contributed by atoms with Gasteiger partial charge in [-0.05, 0) is 92.9 Å². The number of ether oxygens (including phenoxy) is 1. The standard InChI is InChI=1S/C39H45F3N8O4/c40-39(41,42)33-24-30(7-4-29(33)26-43)48-16-12-28(13-17-48)27-5-8-32(9-6-27)54-23-3-1-2-15-47-19-21-49(22-20-47)31-14-18-50(35(44)25-31)38(53)45-34-10-11-36(51)46-37(34)52/h4-9,14,18,24-25,28,34,44H,1-3,10-13,15-17,19-23H2,(H,45,53)(H,46,51,52). The Morgan fingerprint density at radius 1 is 0.907 bits per heavy atom. The fraction of sp³-hybridized carbons (Fsp3) is 0.462. The van der Waals surface area contributed by atoms with E-state index in [4.69, 9.17) is 15.4 Å². The van der Waals surface area contributed by atoms with E-state index >= 15 is 0 Å². The molecule has 0 saturated carbocycles. The van der Waals surface area contributed by atoms with Crippen LogP contribution in [0.25, 0.3) is 0 Å². The number of unbranched alkanes of at least 4 members (excludes halogenated alkanes) is 2. The number of aromatic nitrogens is 1. The number of amides is 3. The number of carbonyl (C=O) groups excluding carboxylic acids is 3. The summed E-state index contributed by atoms with van der Waals surface area (Å²) in [6.07, 6.45) is 2.05. The van der Waals surface area contributed by atoms with Gasteiger partial charge in [-0.1, -0.05) is 12.1 Å². The second kappa shape index (κ2) is 17.2. The van der Waals surface area contributed by atoms with Crippen molar-refractivity contribution in [2.45, 2.75) is 63.1 Å². The van der Waals surface area contributed by atoms with Gasteiger partial charge in [0.25, 0.3) is 0 Å². The minimum absolute atomic E-state index is 0.00603. The van der Waals surface area contributed by atoms with Crippen molar-refractivity contribution in [2.75, 3.05) is 62.2 Å². The number of hydrogen-bond acceptors (Lipinski definition) is 9. The molecule has 2 aromatic carbocycles. The summed E-state index contributed by atoms with van der Waals surface area (Å²) >= 11 is 0. The zero-order valence-electron chi connectivity index (χ0n) is 30.0. The summed E-state index contributed by atoms with van der Waals surface area (Å²) in [5, 5.41) is 22.3. The maximum Gasteiger partial charge on any atom is 0.417 e. The van der Waals surface area contributed by atoms with Crippen molar-refractivity contribution >= 4 is 29.2 Å². The van der Waals surface area contributed by atoms with Crippen LogP contribution in [0.2, 0.25) is 0 Å². The van der Waals surface area contributed by atoms with Crippen LogP contribution in [0, 0.1) is 16.7 Å². The first-order valence-corrected chi connectivity index (χ1v) is 18.5. The molecule has 3 aromatic rings. The van der Waals surface area contributed by atoms with Gasteiger partial charge in [0.05, 0.1) is 23.8 Å². The number of carbonyl (C=O) groups is 3. The van der Waals surface area contributed by atoms with E-state index in [1.165, 1.54) is 17.8 Å². The number of piperidine rings is 2. The molecular formula is C39H45F3N8O4. The minimum Gasteiger partial charge on any atom is -0.494 e. The molecular weight excluding hydrogens is 701 g/mol. The van der Waals surface area contributed by atoms with Gasteiger partial charge in [-0.15, -0.1) is 0 Å². The van der Waals surface area contributed by atoms with Gasteiger partial charge >= 0.3 is 12.2 Å². The number of pyridine rings is 1. The lowest BCUT2D eigenvalue weighted by Crippen LogP contribution is -2.54. The van der Waals surface area contributed by atoms with E-state index in [9.17, 15) is 27.6 Å². The lowest BCUT2D eigenvalue weighted by molar-refractivity contribution is -0.138. The lowest BCUT2D eigenvalue weighted by Gasteiger charge is -2.36. The maximum atomic E-state index is 13.4. The summed E-state index contributed by atoms with van der Waals surface area (Å²) < 4.78 is 47.5. The van der Waals surface area contributed by atoms with Gasteiger partial charge < -0.3 is 19.9 Å². The van der Waals surface area contributed by atoms with Crippen LogP contribution in [0.4, 0.5) is 29.3 Å². The minimum atomic E-state index is -4.57. The van der Waals surface area contributed by atoms with Crippen LogP contribution >= 0.6 is 0 Å². The normalized spacial score (nSPS) is 18.6. The highest BCUT2D eigenvalue weighted by atomic mass is 19.4. The molecule has 3 saturated heterocycles. The van der Waals surface area contributed by atoms with E-state index in [-0.39, 0.29) is 29.8 Å². The number of benzene rings is 2. The van der Waals surface area contributed by atoms with E-state index < -0.39 is 29.7 Å². The average Bonchev–Trinajstić information content (AvgIpc) is 3.17. The Kier molecular flexibility index (Phi) is 12.2. The molecule has 3 aliphatic rings. The third-order valence-corrected chi connectivity index (χ3v) is 10.5. The highest BCUT2D eigenvalue weighted by Gasteiger charge is 2.35. The number of imide groups is 1. The highest BCUT2D eigenvalue weighted by molar-refractivity contribution is 6.01. The van der Waals surface area contributed by atoms with Gasteiger partial charge in [0.1, 0.15) is 17.3 Å². The second-order valence-electron chi connectivity index (χ2n) is 14.0.